The van der Waals surface area contributed by atoms with Crippen molar-refractivity contribution in [2.24, 2.45) is 0 Å². The Kier molecular flexibility index (Phi) is 6.22. The third-order valence-electron chi connectivity index (χ3n) is 7.67. The van der Waals surface area contributed by atoms with Crippen LogP contribution in [0.25, 0.3) is 11.3 Å². The van der Waals surface area contributed by atoms with E-state index >= 15 is 0 Å². The number of hydrogen-bond acceptors (Lipinski definition) is 7. The second-order valence-electron chi connectivity index (χ2n) is 9.75. The Morgan fingerprint density at radius 3 is 2.84 bits per heavy atom. The molecule has 0 saturated carbocycles. The van der Waals surface area contributed by atoms with Gasteiger partial charge in [0.25, 0.3) is 0 Å². The smallest absolute Gasteiger partial charge is 0.317 e. The molecule has 10 heteroatoms. The lowest BCUT2D eigenvalue weighted by Crippen LogP contribution is -2.42. The first-order chi connectivity index (χ1) is 18.2. The minimum absolute atomic E-state index is 0.0734. The molecule has 10 nitrogen and oxygen atoms in total. The molecule has 1 fully saturated rings. The number of aromatic nitrogens is 4. The number of fused-ring (bicyclic) bond motifs is 2. The van der Waals surface area contributed by atoms with E-state index in [0.29, 0.717) is 24.7 Å². The van der Waals surface area contributed by atoms with Gasteiger partial charge in [0, 0.05) is 68.5 Å². The first kappa shape index (κ1) is 23.4. The normalized spacial score (nSPS) is 17.6. The number of rotatable bonds is 3. The first-order valence-electron chi connectivity index (χ1n) is 12.9. The zero-order valence-corrected chi connectivity index (χ0v) is 21.0. The van der Waals surface area contributed by atoms with Gasteiger partial charge >= 0.3 is 6.03 Å². The topological polar surface area (TPSA) is 112 Å². The number of nitriles is 1. The van der Waals surface area contributed by atoms with Crippen LogP contribution in [0.2, 0.25) is 0 Å². The van der Waals surface area contributed by atoms with Crippen molar-refractivity contribution in [1.82, 2.24) is 30.0 Å². The maximum atomic E-state index is 12.5. The Labute approximate surface area is 215 Å². The molecule has 1 saturated heterocycles. The fourth-order valence-corrected chi connectivity index (χ4v) is 5.82. The van der Waals surface area contributed by atoms with Gasteiger partial charge in [-0.25, -0.2) is 14.8 Å². The lowest BCUT2D eigenvalue weighted by Gasteiger charge is -2.33. The molecule has 2 aromatic heterocycles. The summed E-state index contributed by atoms with van der Waals surface area (Å²) in [5.74, 6) is 0.898. The molecule has 0 bridgehead atoms. The van der Waals surface area contributed by atoms with Crippen LogP contribution in [0.1, 0.15) is 47.7 Å². The zero-order valence-electron chi connectivity index (χ0n) is 21.0. The van der Waals surface area contributed by atoms with Crippen LogP contribution >= 0.6 is 0 Å². The van der Waals surface area contributed by atoms with Crippen molar-refractivity contribution in [3.8, 4) is 17.3 Å². The Bertz CT molecular complexity index is 1360. The number of carbonyl (C=O) groups is 1. The van der Waals surface area contributed by atoms with Gasteiger partial charge in [0.2, 0.25) is 0 Å². The summed E-state index contributed by atoms with van der Waals surface area (Å²) in [6.07, 6.45) is 7.74. The van der Waals surface area contributed by atoms with Crippen molar-refractivity contribution < 1.29 is 9.53 Å². The van der Waals surface area contributed by atoms with Crippen molar-refractivity contribution in [3.05, 3.63) is 53.1 Å². The van der Waals surface area contributed by atoms with Crippen molar-refractivity contribution in [2.45, 2.75) is 44.7 Å². The molecule has 37 heavy (non-hydrogen) atoms. The lowest BCUT2D eigenvalue weighted by atomic mass is 9.94. The molecule has 3 aliphatic rings. The maximum absolute atomic E-state index is 12.5. The lowest BCUT2D eigenvalue weighted by molar-refractivity contribution is 0.0651. The van der Waals surface area contributed by atoms with Crippen LogP contribution in [0.5, 0.6) is 0 Å². The predicted molar refractivity (Wildman–Crippen MR) is 137 cm³/mol. The van der Waals surface area contributed by atoms with Crippen LogP contribution < -0.4 is 10.2 Å². The fraction of sp³-hybridized carbons (Fsp3) is 0.444. The Morgan fingerprint density at radius 2 is 2.08 bits per heavy atom. The van der Waals surface area contributed by atoms with Crippen LogP contribution in [0.4, 0.5) is 16.3 Å². The van der Waals surface area contributed by atoms with Gasteiger partial charge in [-0.15, -0.1) is 0 Å². The van der Waals surface area contributed by atoms with Crippen LogP contribution in [-0.4, -0.2) is 64.0 Å². The second kappa shape index (κ2) is 9.82. The number of amides is 2. The van der Waals surface area contributed by atoms with Crippen LogP contribution in [0.15, 0.2) is 30.7 Å². The molecule has 3 aliphatic heterocycles. The Morgan fingerprint density at radius 1 is 1.22 bits per heavy atom. The number of aryl methyl sites for hydroxylation is 1. The third kappa shape index (κ3) is 4.19. The number of hydrogen-bond donors (Lipinski definition) is 1. The number of nitrogens with zero attached hydrogens (tertiary/aromatic N) is 7. The van der Waals surface area contributed by atoms with Crippen molar-refractivity contribution in [2.75, 3.05) is 38.3 Å². The standard InChI is InChI=1S/C27H30N8O2/c1-29-27(36)33-10-5-24-22(16-33)26(32-35(24)20-6-11-37-12-7-20)34-9-2-3-18-13-21(19(15-28)14-25(18)34)23-4-8-30-17-31-23/h4,8,13-14,17,20H,2-3,5-7,9-12,16H2,1H3,(H,29,36). The number of anilines is 2. The molecule has 190 valence electrons. The summed E-state index contributed by atoms with van der Waals surface area (Å²) in [6.45, 7) is 3.47. The quantitative estimate of drug-likeness (QED) is 0.589. The summed E-state index contributed by atoms with van der Waals surface area (Å²) in [6, 6.07) is 8.51. The number of benzene rings is 1. The van der Waals surface area contributed by atoms with Crippen LogP contribution in [-0.2, 0) is 24.1 Å². The van der Waals surface area contributed by atoms with E-state index < -0.39 is 0 Å². The summed E-state index contributed by atoms with van der Waals surface area (Å²) >= 11 is 0. The van der Waals surface area contributed by atoms with Crippen LogP contribution in [0, 0.1) is 11.3 Å². The minimum atomic E-state index is -0.0734. The van der Waals surface area contributed by atoms with Gasteiger partial charge in [0.1, 0.15) is 6.33 Å². The van der Waals surface area contributed by atoms with Gasteiger partial charge in [-0.3, -0.25) is 4.68 Å². The van der Waals surface area contributed by atoms with E-state index in [9.17, 15) is 10.1 Å². The molecule has 2 amide bonds. The van der Waals surface area contributed by atoms with E-state index in [1.54, 1.807) is 13.2 Å². The van der Waals surface area contributed by atoms with Gasteiger partial charge in [-0.2, -0.15) is 10.4 Å². The largest absolute Gasteiger partial charge is 0.381 e. The first-order valence-corrected chi connectivity index (χ1v) is 12.9. The molecule has 0 spiro atoms. The zero-order chi connectivity index (χ0) is 25.4. The van der Waals surface area contributed by atoms with Gasteiger partial charge in [0.05, 0.1) is 29.9 Å². The van der Waals surface area contributed by atoms with E-state index in [0.717, 1.165) is 80.2 Å². The molecular weight excluding hydrogens is 468 g/mol. The predicted octanol–water partition coefficient (Wildman–Crippen LogP) is 3.35. The van der Waals surface area contributed by atoms with Gasteiger partial charge in [0.15, 0.2) is 5.82 Å². The average molecular weight is 499 g/mol. The van der Waals surface area contributed by atoms with Crippen molar-refractivity contribution >= 4 is 17.5 Å². The molecule has 0 unspecified atom stereocenters. The molecule has 6 rings (SSSR count). The average Bonchev–Trinajstić information content (AvgIpc) is 3.35. The molecule has 0 radical (unpaired) electrons. The van der Waals surface area contributed by atoms with Crippen molar-refractivity contribution in [3.63, 3.8) is 0 Å². The summed E-state index contributed by atoms with van der Waals surface area (Å²) in [4.78, 5) is 25.0. The SMILES string of the molecule is CNC(=O)N1CCc2c(c(N3CCCc4cc(-c5ccncn5)c(C#N)cc43)nn2C2CCOCC2)C1. The van der Waals surface area contributed by atoms with Gasteiger partial charge in [-0.1, -0.05) is 0 Å². The summed E-state index contributed by atoms with van der Waals surface area (Å²) in [7, 11) is 1.67. The third-order valence-corrected chi connectivity index (χ3v) is 7.67. The highest BCUT2D eigenvalue weighted by molar-refractivity contribution is 5.78. The number of urea groups is 1. The highest BCUT2D eigenvalue weighted by atomic mass is 16.5. The minimum Gasteiger partial charge on any atom is -0.381 e. The van der Waals surface area contributed by atoms with Crippen molar-refractivity contribution in [1.29, 1.82) is 5.26 Å². The molecule has 1 N–H and O–H groups in total. The second-order valence-corrected chi connectivity index (χ2v) is 9.75. The monoisotopic (exact) mass is 498 g/mol. The highest BCUT2D eigenvalue weighted by Crippen LogP contribution is 2.41. The van der Waals surface area contributed by atoms with Gasteiger partial charge in [-0.05, 0) is 49.4 Å². The Hall–Kier alpha value is -3.97. The number of ether oxygens (including phenoxy) is 1. The molecule has 0 atom stereocenters. The maximum Gasteiger partial charge on any atom is 0.317 e. The van der Waals surface area contributed by atoms with E-state index in [-0.39, 0.29) is 6.03 Å². The van der Waals surface area contributed by atoms with Gasteiger partial charge < -0.3 is 19.9 Å². The molecule has 3 aromatic rings. The summed E-state index contributed by atoms with van der Waals surface area (Å²) in [5, 5.41) is 18.0. The van der Waals surface area contributed by atoms with E-state index in [4.69, 9.17) is 9.84 Å². The van der Waals surface area contributed by atoms with E-state index in [1.807, 2.05) is 17.0 Å². The van der Waals surface area contributed by atoms with E-state index in [1.165, 1.54) is 17.6 Å². The highest BCUT2D eigenvalue weighted by Gasteiger charge is 2.34. The molecule has 5 heterocycles. The molecule has 1 aromatic carbocycles. The number of nitrogens with one attached hydrogen (secondary N) is 1. The Balaban J connectivity index is 1.45. The summed E-state index contributed by atoms with van der Waals surface area (Å²) < 4.78 is 7.83. The molecular formula is C27H30N8O2. The molecule has 0 aliphatic carbocycles. The summed E-state index contributed by atoms with van der Waals surface area (Å²) in [5.41, 5.74) is 6.65. The van der Waals surface area contributed by atoms with E-state index in [2.05, 4.69) is 37.0 Å². The fourth-order valence-electron chi connectivity index (χ4n) is 5.82. The number of carbonyl (C=O) groups excluding carboxylic acids is 1. The van der Waals surface area contributed by atoms with Crippen LogP contribution in [0.3, 0.4) is 0 Å².